The third-order valence-corrected chi connectivity index (χ3v) is 9.75. The van der Waals surface area contributed by atoms with E-state index < -0.39 is 0 Å². The van der Waals surface area contributed by atoms with Crippen LogP contribution in [-0.4, -0.2) is 124 Å². The molecule has 0 unspecified atom stereocenters. The van der Waals surface area contributed by atoms with Gasteiger partial charge in [-0.25, -0.2) is 0 Å². The number of nitrogens with zero attached hydrogens (tertiary/aromatic N) is 5. The molecule has 0 bridgehead atoms. The molecule has 4 aromatic rings. The lowest BCUT2D eigenvalue weighted by molar-refractivity contribution is -0.131. The number of carbonyl (C=O) groups is 1. The molecule has 47 heavy (non-hydrogen) atoms. The van der Waals surface area contributed by atoms with E-state index >= 15 is 0 Å². The molecule has 7 rings (SSSR count). The van der Waals surface area contributed by atoms with Crippen LogP contribution in [0.2, 0.25) is 0 Å². The highest BCUT2D eigenvalue weighted by molar-refractivity contribution is 6.16. The summed E-state index contributed by atoms with van der Waals surface area (Å²) in [4.78, 5) is 35.5. The predicted molar refractivity (Wildman–Crippen MR) is 183 cm³/mol. The van der Waals surface area contributed by atoms with Crippen molar-refractivity contribution in [3.63, 3.8) is 0 Å². The first-order valence-electron chi connectivity index (χ1n) is 16.8. The first-order chi connectivity index (χ1) is 22.9. The fourth-order valence-corrected chi connectivity index (χ4v) is 7.10. The maximum atomic E-state index is 14.2. The molecule has 11 nitrogen and oxygen atoms in total. The minimum atomic E-state index is -0.0642. The third-order valence-electron chi connectivity index (χ3n) is 9.75. The molecule has 0 N–H and O–H groups in total. The first-order valence-corrected chi connectivity index (χ1v) is 16.8. The number of ether oxygens (including phenoxy) is 4. The van der Waals surface area contributed by atoms with Gasteiger partial charge >= 0.3 is 0 Å². The van der Waals surface area contributed by atoms with Gasteiger partial charge in [0.25, 0.3) is 5.56 Å². The number of likely N-dealkylation sites (N-methyl/N-ethyl adjacent to an activating group) is 1. The highest BCUT2D eigenvalue weighted by Crippen LogP contribution is 2.41. The van der Waals surface area contributed by atoms with Crippen LogP contribution in [0, 0.1) is 0 Å². The summed E-state index contributed by atoms with van der Waals surface area (Å²) >= 11 is 0. The molecule has 1 amide bonds. The number of likely N-dealkylation sites (tertiary alicyclic amines) is 1. The molecule has 3 aliphatic rings. The number of benzene rings is 3. The Labute approximate surface area is 275 Å². The van der Waals surface area contributed by atoms with Gasteiger partial charge in [0, 0.05) is 75.1 Å². The molecule has 4 heterocycles. The minimum absolute atomic E-state index is 0.0642. The number of hydrogen-bond acceptors (Lipinski definition) is 9. The van der Waals surface area contributed by atoms with Crippen LogP contribution >= 0.6 is 0 Å². The number of methoxy groups -OCH3 is 1. The molecule has 2 saturated heterocycles. The third kappa shape index (κ3) is 6.44. The fourth-order valence-electron chi connectivity index (χ4n) is 7.10. The summed E-state index contributed by atoms with van der Waals surface area (Å²) in [6, 6.07) is 11.9. The normalized spacial score (nSPS) is 17.1. The minimum Gasteiger partial charge on any atom is -0.493 e. The van der Waals surface area contributed by atoms with E-state index in [2.05, 4.69) is 26.8 Å². The van der Waals surface area contributed by atoms with E-state index in [-0.39, 0.29) is 18.3 Å². The van der Waals surface area contributed by atoms with Crippen molar-refractivity contribution in [1.29, 1.82) is 0 Å². The number of piperazine rings is 1. The van der Waals surface area contributed by atoms with Crippen molar-refractivity contribution in [2.24, 2.45) is 0 Å². The topological polar surface area (TPSA) is 89.0 Å². The number of carbonyl (C=O) groups excluding carboxylic acids is 1. The number of rotatable bonds is 11. The number of amides is 1. The number of pyridine rings is 1. The van der Waals surface area contributed by atoms with Crippen LogP contribution in [0.3, 0.4) is 0 Å². The molecule has 11 heteroatoms. The molecule has 0 spiro atoms. The van der Waals surface area contributed by atoms with Crippen molar-refractivity contribution in [3.8, 4) is 23.0 Å². The molecule has 0 saturated carbocycles. The summed E-state index contributed by atoms with van der Waals surface area (Å²) in [5.74, 6) is 2.85. The smallest absolute Gasteiger partial charge is 0.259 e. The summed E-state index contributed by atoms with van der Waals surface area (Å²) in [6.45, 7) is 8.98. The summed E-state index contributed by atoms with van der Waals surface area (Å²) in [5, 5.41) is 4.34. The van der Waals surface area contributed by atoms with Crippen LogP contribution in [0.25, 0.3) is 32.4 Å². The van der Waals surface area contributed by atoms with Gasteiger partial charge in [-0.2, -0.15) is 0 Å². The molecule has 0 aliphatic carbocycles. The number of fused-ring (bicyclic) bond motifs is 6. The summed E-state index contributed by atoms with van der Waals surface area (Å²) < 4.78 is 25.3. The summed E-state index contributed by atoms with van der Waals surface area (Å²) in [7, 11) is 5.63. The molecule has 0 atom stereocenters. The van der Waals surface area contributed by atoms with E-state index in [0.717, 1.165) is 97.9 Å². The van der Waals surface area contributed by atoms with Gasteiger partial charge in [-0.1, -0.05) is 12.1 Å². The lowest BCUT2D eigenvalue weighted by atomic mass is 9.99. The van der Waals surface area contributed by atoms with Gasteiger partial charge < -0.3 is 38.2 Å². The largest absolute Gasteiger partial charge is 0.493 e. The summed E-state index contributed by atoms with van der Waals surface area (Å²) in [6.07, 6.45) is 3.12. The second kappa shape index (κ2) is 13.6. The average Bonchev–Trinajstić information content (AvgIpc) is 3.78. The number of aromatic nitrogens is 1. The zero-order valence-corrected chi connectivity index (χ0v) is 27.8. The Balaban J connectivity index is 1.10. The second-order valence-corrected chi connectivity index (χ2v) is 13.1. The van der Waals surface area contributed by atoms with E-state index in [1.807, 2.05) is 47.8 Å². The van der Waals surface area contributed by atoms with E-state index in [1.54, 1.807) is 7.11 Å². The van der Waals surface area contributed by atoms with Gasteiger partial charge in [0.2, 0.25) is 12.7 Å². The Morgan fingerprint density at radius 3 is 2.30 bits per heavy atom. The fraction of sp³-hybridized carbons (Fsp3) is 0.500. The maximum absolute atomic E-state index is 14.2. The van der Waals surface area contributed by atoms with Crippen LogP contribution in [0.5, 0.6) is 23.0 Å². The van der Waals surface area contributed by atoms with Crippen molar-refractivity contribution >= 4 is 38.4 Å². The van der Waals surface area contributed by atoms with Crippen LogP contribution < -0.4 is 24.5 Å². The second-order valence-electron chi connectivity index (χ2n) is 13.1. The zero-order valence-electron chi connectivity index (χ0n) is 27.8. The molecule has 3 aromatic carbocycles. The SMILES string of the molecule is COc1cc2c(=O)n(CCN(C)C)c3c4cc5c(cc4ccc3c2cc1OCCCN1CCN(CC(=O)N2CCCC2)CC1)OCO5. The van der Waals surface area contributed by atoms with Crippen molar-refractivity contribution in [2.75, 3.05) is 93.5 Å². The quantitative estimate of drug-likeness (QED) is 0.180. The van der Waals surface area contributed by atoms with Crippen LogP contribution in [0.15, 0.2) is 41.2 Å². The maximum Gasteiger partial charge on any atom is 0.259 e. The van der Waals surface area contributed by atoms with Crippen LogP contribution in [0.4, 0.5) is 0 Å². The molecule has 3 aliphatic heterocycles. The van der Waals surface area contributed by atoms with Gasteiger partial charge in [-0.15, -0.1) is 0 Å². The highest BCUT2D eigenvalue weighted by Gasteiger charge is 2.24. The van der Waals surface area contributed by atoms with Gasteiger partial charge in [0.1, 0.15) is 0 Å². The van der Waals surface area contributed by atoms with E-state index in [1.165, 1.54) is 0 Å². The molecule has 250 valence electrons. The summed E-state index contributed by atoms with van der Waals surface area (Å²) in [5.41, 5.74) is 0.808. The Bertz CT molecular complexity index is 1840. The lowest BCUT2D eigenvalue weighted by Crippen LogP contribution is -2.50. The Morgan fingerprint density at radius 1 is 0.830 bits per heavy atom. The molecule has 1 aromatic heterocycles. The van der Waals surface area contributed by atoms with Crippen molar-refractivity contribution in [3.05, 3.63) is 46.8 Å². The predicted octanol–water partition coefficient (Wildman–Crippen LogP) is 3.62. The van der Waals surface area contributed by atoms with E-state index in [4.69, 9.17) is 18.9 Å². The van der Waals surface area contributed by atoms with E-state index in [0.29, 0.717) is 48.9 Å². The molecular weight excluding hydrogens is 598 g/mol. The highest BCUT2D eigenvalue weighted by atomic mass is 16.7. The molecule has 2 fully saturated rings. The van der Waals surface area contributed by atoms with Crippen molar-refractivity contribution < 1.29 is 23.7 Å². The Morgan fingerprint density at radius 2 is 1.55 bits per heavy atom. The monoisotopic (exact) mass is 643 g/mol. The average molecular weight is 644 g/mol. The standard InChI is InChI=1S/C36H45N5O6/c1-37(2)12-17-41-35-26(8-7-25-19-31-33(20-27(25)35)47-24-46-31)28-21-32(30(44-3)22-29(28)36(41)43)45-18-6-9-38-13-15-39(16-14-38)23-34(42)40-10-4-5-11-40/h7-8,19-22H,4-6,9-18,23-24H2,1-3H3. The molecular formula is C36H45N5O6. The van der Waals surface area contributed by atoms with Crippen LogP contribution in [0.1, 0.15) is 19.3 Å². The van der Waals surface area contributed by atoms with Gasteiger partial charge in [0.05, 0.1) is 31.2 Å². The van der Waals surface area contributed by atoms with Gasteiger partial charge in [-0.3, -0.25) is 14.5 Å². The van der Waals surface area contributed by atoms with Gasteiger partial charge in [0.15, 0.2) is 23.0 Å². The van der Waals surface area contributed by atoms with Crippen molar-refractivity contribution in [2.45, 2.75) is 25.8 Å². The van der Waals surface area contributed by atoms with Crippen molar-refractivity contribution in [1.82, 2.24) is 24.2 Å². The number of hydrogen-bond donors (Lipinski definition) is 0. The lowest BCUT2D eigenvalue weighted by Gasteiger charge is -2.35. The molecule has 0 radical (unpaired) electrons. The van der Waals surface area contributed by atoms with E-state index in [9.17, 15) is 9.59 Å². The zero-order chi connectivity index (χ0) is 32.5. The Kier molecular flexibility index (Phi) is 9.11. The van der Waals surface area contributed by atoms with Gasteiger partial charge in [-0.05, 0) is 63.0 Å². The van der Waals surface area contributed by atoms with Crippen LogP contribution in [-0.2, 0) is 11.3 Å². The Hall–Kier alpha value is -4.06. The first kappa shape index (κ1) is 31.5.